The fourth-order valence-corrected chi connectivity index (χ4v) is 7.25. The highest BCUT2D eigenvalue weighted by Gasteiger charge is 2.63. The fourth-order valence-electron chi connectivity index (χ4n) is 7.25. The maximum absolute atomic E-state index is 13.0. The predicted octanol–water partition coefficient (Wildman–Crippen LogP) is 2.89. The van der Waals surface area contributed by atoms with Crippen LogP contribution in [0.3, 0.4) is 0 Å². The minimum Gasteiger partial charge on any atom is -0.355 e. The first kappa shape index (κ1) is 16.3. The van der Waals surface area contributed by atoms with Gasteiger partial charge >= 0.3 is 0 Å². The van der Waals surface area contributed by atoms with E-state index in [4.69, 9.17) is 0 Å². The number of nitrogens with one attached hydrogen (secondary N) is 1. The molecule has 0 radical (unpaired) electrons. The van der Waals surface area contributed by atoms with E-state index in [1.165, 1.54) is 0 Å². The molecule has 4 nitrogen and oxygen atoms in total. The number of Topliss-reactive ketones (excluding diaryl/α,β-unsaturated/α-hetero) is 2. The molecule has 4 saturated carbocycles. The zero-order valence-electron chi connectivity index (χ0n) is 14.8. The molecule has 0 bridgehead atoms. The van der Waals surface area contributed by atoms with Crippen molar-refractivity contribution in [2.75, 3.05) is 0 Å². The number of amides is 1. The van der Waals surface area contributed by atoms with Gasteiger partial charge in [-0.1, -0.05) is 20.3 Å². The number of carbonyl (C=O) groups excluding carboxylic acids is 3. The summed E-state index contributed by atoms with van der Waals surface area (Å²) in [5.74, 6) is 2.05. The van der Waals surface area contributed by atoms with E-state index in [9.17, 15) is 14.4 Å². The number of hydrogen-bond acceptors (Lipinski definition) is 3. The van der Waals surface area contributed by atoms with Gasteiger partial charge in [0.15, 0.2) is 0 Å². The van der Waals surface area contributed by atoms with Crippen LogP contribution in [0, 0.1) is 34.5 Å². The second-order valence-corrected chi connectivity index (χ2v) is 9.15. The predicted molar refractivity (Wildman–Crippen MR) is 90.1 cm³/mol. The Balaban J connectivity index is 1.73. The molecule has 0 heterocycles. The molecular weight excluding hydrogens is 302 g/mol. The molecule has 1 N–H and O–H groups in total. The maximum atomic E-state index is 13.0. The molecule has 0 aromatic carbocycles. The Kier molecular flexibility index (Phi) is 3.67. The Morgan fingerprint density at radius 2 is 1.88 bits per heavy atom. The lowest BCUT2D eigenvalue weighted by atomic mass is 9.44. The molecular formula is C20H29NO3. The molecule has 24 heavy (non-hydrogen) atoms. The second-order valence-electron chi connectivity index (χ2n) is 9.15. The van der Waals surface area contributed by atoms with Gasteiger partial charge in [-0.25, -0.2) is 0 Å². The Bertz CT molecular complexity index is 587. The highest BCUT2D eigenvalue weighted by Crippen LogP contribution is 2.64. The molecule has 4 aliphatic carbocycles. The van der Waals surface area contributed by atoms with Gasteiger partial charge in [0.2, 0.25) is 6.41 Å². The van der Waals surface area contributed by atoms with Crippen LogP contribution in [0.15, 0.2) is 0 Å². The van der Waals surface area contributed by atoms with Gasteiger partial charge in [-0.15, -0.1) is 0 Å². The molecule has 7 atom stereocenters. The third kappa shape index (κ3) is 1.94. The van der Waals surface area contributed by atoms with Gasteiger partial charge in [0, 0.05) is 35.6 Å². The zero-order chi connectivity index (χ0) is 17.1. The molecule has 0 aromatic rings. The number of carbonyl (C=O) groups is 3. The first-order valence-corrected chi connectivity index (χ1v) is 9.68. The Morgan fingerprint density at radius 1 is 1.08 bits per heavy atom. The van der Waals surface area contributed by atoms with Gasteiger partial charge in [-0.2, -0.15) is 0 Å². The smallest absolute Gasteiger partial charge is 0.207 e. The number of hydrogen-bond donors (Lipinski definition) is 1. The molecule has 0 aromatic heterocycles. The van der Waals surface area contributed by atoms with E-state index in [0.29, 0.717) is 42.2 Å². The molecule has 4 rings (SSSR count). The minimum atomic E-state index is -0.201. The summed E-state index contributed by atoms with van der Waals surface area (Å²) < 4.78 is 0. The molecule has 4 heteroatoms. The summed E-state index contributed by atoms with van der Waals surface area (Å²) in [6.45, 7) is 4.40. The summed E-state index contributed by atoms with van der Waals surface area (Å²) in [7, 11) is 0. The molecule has 132 valence electrons. The Hall–Kier alpha value is -1.19. The van der Waals surface area contributed by atoms with Crippen molar-refractivity contribution in [1.29, 1.82) is 0 Å². The van der Waals surface area contributed by atoms with E-state index < -0.39 is 0 Å². The summed E-state index contributed by atoms with van der Waals surface area (Å²) >= 11 is 0. The topological polar surface area (TPSA) is 63.2 Å². The van der Waals surface area contributed by atoms with Gasteiger partial charge < -0.3 is 5.32 Å². The van der Waals surface area contributed by atoms with Crippen molar-refractivity contribution in [2.24, 2.45) is 34.5 Å². The quantitative estimate of drug-likeness (QED) is 0.791. The Labute approximate surface area is 144 Å². The van der Waals surface area contributed by atoms with Crippen LogP contribution in [0.4, 0.5) is 0 Å². The zero-order valence-corrected chi connectivity index (χ0v) is 14.8. The summed E-state index contributed by atoms with van der Waals surface area (Å²) in [5, 5.41) is 3.06. The van der Waals surface area contributed by atoms with Crippen LogP contribution in [-0.2, 0) is 14.4 Å². The average Bonchev–Trinajstić information content (AvgIpc) is 2.85. The van der Waals surface area contributed by atoms with Crippen molar-refractivity contribution < 1.29 is 14.4 Å². The van der Waals surface area contributed by atoms with E-state index in [-0.39, 0.29) is 22.8 Å². The molecule has 0 spiro atoms. The van der Waals surface area contributed by atoms with Gasteiger partial charge in [-0.05, 0) is 49.9 Å². The summed E-state index contributed by atoms with van der Waals surface area (Å²) in [6, 6.07) is 0.104. The summed E-state index contributed by atoms with van der Waals surface area (Å²) in [5.41, 5.74) is -0.334. The number of ketones is 2. The normalized spacial score (nSPS) is 50.7. The van der Waals surface area contributed by atoms with E-state index >= 15 is 0 Å². The number of rotatable bonds is 2. The van der Waals surface area contributed by atoms with Crippen molar-refractivity contribution in [1.82, 2.24) is 5.32 Å². The first-order chi connectivity index (χ1) is 11.4. The second kappa shape index (κ2) is 5.40. The third-order valence-corrected chi connectivity index (χ3v) is 8.53. The fraction of sp³-hybridized carbons (Fsp3) is 0.850. The molecule has 0 aliphatic heterocycles. The highest BCUT2D eigenvalue weighted by atomic mass is 16.1. The lowest BCUT2D eigenvalue weighted by Crippen LogP contribution is -2.63. The van der Waals surface area contributed by atoms with Crippen LogP contribution in [0.2, 0.25) is 0 Å². The minimum absolute atomic E-state index is 0.0893. The SMILES string of the molecule is C[C@]12C(NC=O)CCCC1C(=O)C[C@@H]1[C@@H]2CC[C@]2(C)C(=O)CC[C@@H]12. The Morgan fingerprint density at radius 3 is 2.62 bits per heavy atom. The van der Waals surface area contributed by atoms with Crippen molar-refractivity contribution >= 4 is 18.0 Å². The van der Waals surface area contributed by atoms with Gasteiger partial charge in [-0.3, -0.25) is 14.4 Å². The van der Waals surface area contributed by atoms with Crippen LogP contribution < -0.4 is 5.32 Å². The molecule has 0 saturated heterocycles. The van der Waals surface area contributed by atoms with E-state index in [0.717, 1.165) is 44.9 Å². The van der Waals surface area contributed by atoms with Crippen LogP contribution in [0.5, 0.6) is 0 Å². The lowest BCUT2D eigenvalue weighted by molar-refractivity contribution is -0.160. The van der Waals surface area contributed by atoms with E-state index in [1.807, 2.05) is 0 Å². The van der Waals surface area contributed by atoms with E-state index in [2.05, 4.69) is 19.2 Å². The van der Waals surface area contributed by atoms with Gasteiger partial charge in [0.1, 0.15) is 11.6 Å². The largest absolute Gasteiger partial charge is 0.355 e. The van der Waals surface area contributed by atoms with Crippen LogP contribution in [0.1, 0.15) is 65.2 Å². The van der Waals surface area contributed by atoms with Gasteiger partial charge in [0.25, 0.3) is 0 Å². The maximum Gasteiger partial charge on any atom is 0.207 e. The van der Waals surface area contributed by atoms with Crippen molar-refractivity contribution in [3.63, 3.8) is 0 Å². The summed E-state index contributed by atoms with van der Waals surface area (Å²) in [4.78, 5) is 36.7. The van der Waals surface area contributed by atoms with Crippen LogP contribution in [0.25, 0.3) is 0 Å². The van der Waals surface area contributed by atoms with Crippen molar-refractivity contribution in [3.8, 4) is 0 Å². The summed E-state index contributed by atoms with van der Waals surface area (Å²) in [6.07, 6.45) is 8.08. The number of fused-ring (bicyclic) bond motifs is 5. The first-order valence-electron chi connectivity index (χ1n) is 9.68. The van der Waals surface area contributed by atoms with Crippen LogP contribution >= 0.6 is 0 Å². The standard InChI is InChI=1S/C20H29NO3/c1-19-9-8-14-12(13(19)6-7-18(19)24)10-16(23)15-4-3-5-17(21-11-22)20(14,15)2/h11-15,17H,3-10H2,1-2H3,(H,21,22)/t12-,13-,14-,15?,17?,19-,20+/m0/s1. The molecule has 2 unspecified atom stereocenters. The average molecular weight is 331 g/mol. The molecule has 4 aliphatic rings. The molecule has 1 amide bonds. The lowest BCUT2D eigenvalue weighted by Gasteiger charge is -2.61. The monoisotopic (exact) mass is 331 g/mol. The molecule has 4 fully saturated rings. The van der Waals surface area contributed by atoms with Crippen molar-refractivity contribution in [2.45, 2.75) is 71.3 Å². The highest BCUT2D eigenvalue weighted by molar-refractivity contribution is 5.88. The van der Waals surface area contributed by atoms with Crippen LogP contribution in [-0.4, -0.2) is 24.0 Å². The van der Waals surface area contributed by atoms with Crippen molar-refractivity contribution in [3.05, 3.63) is 0 Å². The van der Waals surface area contributed by atoms with E-state index in [1.54, 1.807) is 0 Å². The van der Waals surface area contributed by atoms with Gasteiger partial charge in [0.05, 0.1) is 0 Å². The third-order valence-electron chi connectivity index (χ3n) is 8.53.